The van der Waals surface area contributed by atoms with Gasteiger partial charge in [-0.15, -0.1) is 0 Å². The van der Waals surface area contributed by atoms with E-state index in [1.54, 1.807) is 63.1 Å². The third-order valence-corrected chi connectivity index (χ3v) is 6.49. The first-order chi connectivity index (χ1) is 18.5. The van der Waals surface area contributed by atoms with Gasteiger partial charge in [0.2, 0.25) is 0 Å². The van der Waals surface area contributed by atoms with Crippen LogP contribution in [0.1, 0.15) is 39.7 Å². The summed E-state index contributed by atoms with van der Waals surface area (Å²) in [6.07, 6.45) is 1.92. The van der Waals surface area contributed by atoms with Crippen molar-refractivity contribution in [2.24, 2.45) is 5.92 Å². The number of carbonyl (C=O) groups excluding carboxylic acids is 2. The lowest BCUT2D eigenvalue weighted by Crippen LogP contribution is -2.47. The van der Waals surface area contributed by atoms with E-state index in [1.807, 2.05) is 4.90 Å². The number of amides is 1. The Kier molecular flexibility index (Phi) is 8.09. The van der Waals surface area contributed by atoms with Gasteiger partial charge in [-0.25, -0.2) is 18.4 Å². The Morgan fingerprint density at radius 1 is 1.10 bits per heavy atom. The smallest absolute Gasteiger partial charge is 0.410 e. The molecule has 0 aliphatic carbocycles. The van der Waals surface area contributed by atoms with Crippen LogP contribution in [-0.2, 0) is 14.3 Å². The summed E-state index contributed by atoms with van der Waals surface area (Å²) in [5, 5.41) is 10.1. The summed E-state index contributed by atoms with van der Waals surface area (Å²) in [5.74, 6) is -3.32. The number of para-hydroxylation sites is 1. The van der Waals surface area contributed by atoms with Crippen molar-refractivity contribution in [3.63, 3.8) is 0 Å². The molecule has 4 rings (SSSR count). The molecular weight excluding hydrogens is 508 g/mol. The molecule has 2 aromatic carbocycles. The number of ether oxygens (including phenoxy) is 3. The topological polar surface area (TPSA) is 92.1 Å². The number of esters is 1. The molecule has 1 amide bonds. The molecule has 8 nitrogen and oxygen atoms in total. The summed E-state index contributed by atoms with van der Waals surface area (Å²) in [5.41, 5.74) is 0.597. The Morgan fingerprint density at radius 2 is 1.77 bits per heavy atom. The number of halogens is 2. The molecule has 2 aliphatic rings. The van der Waals surface area contributed by atoms with Crippen molar-refractivity contribution in [3.8, 4) is 17.6 Å². The minimum atomic E-state index is -0.892. The Balaban J connectivity index is 1.59. The van der Waals surface area contributed by atoms with Gasteiger partial charge in [-0.05, 0) is 69.5 Å². The SMILES string of the molecule is CCOC(=O)C1C(C#N)C(c2ccc(Oc3c(F)cccc3F)cc2)=CN1[C@@H]1CCN(C(=O)OC(C)(C)C)C1. The van der Waals surface area contributed by atoms with Crippen LogP contribution < -0.4 is 4.74 Å². The van der Waals surface area contributed by atoms with Gasteiger partial charge in [0.15, 0.2) is 17.4 Å². The molecule has 0 radical (unpaired) electrons. The normalized spacial score (nSPS) is 20.8. The minimum absolute atomic E-state index is 0.157. The zero-order chi connectivity index (χ0) is 28.3. The van der Waals surface area contributed by atoms with Crippen molar-refractivity contribution in [2.75, 3.05) is 19.7 Å². The van der Waals surface area contributed by atoms with Crippen LogP contribution in [0, 0.1) is 28.9 Å². The van der Waals surface area contributed by atoms with Crippen LogP contribution in [0.4, 0.5) is 13.6 Å². The summed E-state index contributed by atoms with van der Waals surface area (Å²) in [4.78, 5) is 29.1. The first-order valence-electron chi connectivity index (χ1n) is 12.8. The molecule has 206 valence electrons. The Labute approximate surface area is 226 Å². The standard InChI is InChI=1S/C29H31F2N3O5/c1-5-37-27(35)25-21(15-32)22(17-34(25)19-13-14-33(16-19)28(36)39-29(2,3)4)18-9-11-20(12-10-18)38-26-23(30)7-6-8-24(26)31/h6-12,17,19,21,25H,5,13-14,16H2,1-4H3/t19-,21?,25?/m1/s1. The molecule has 0 saturated carbocycles. The maximum Gasteiger partial charge on any atom is 0.410 e. The summed E-state index contributed by atoms with van der Waals surface area (Å²) in [7, 11) is 0. The van der Waals surface area contributed by atoms with Gasteiger partial charge >= 0.3 is 12.1 Å². The zero-order valence-corrected chi connectivity index (χ0v) is 22.3. The molecule has 0 aromatic heterocycles. The number of benzene rings is 2. The van der Waals surface area contributed by atoms with Gasteiger partial charge in [0.05, 0.1) is 12.7 Å². The highest BCUT2D eigenvalue weighted by Gasteiger charge is 2.46. The summed E-state index contributed by atoms with van der Waals surface area (Å²) in [6, 6.07) is 11.0. The van der Waals surface area contributed by atoms with E-state index in [2.05, 4.69) is 6.07 Å². The molecule has 2 unspecified atom stereocenters. The molecule has 2 aliphatic heterocycles. The van der Waals surface area contributed by atoms with E-state index in [9.17, 15) is 23.6 Å². The fraction of sp³-hybridized carbons (Fsp3) is 0.414. The molecule has 0 spiro atoms. The van der Waals surface area contributed by atoms with Gasteiger partial charge in [-0.2, -0.15) is 5.26 Å². The second kappa shape index (κ2) is 11.3. The lowest BCUT2D eigenvalue weighted by Gasteiger charge is -2.31. The first kappa shape index (κ1) is 27.9. The second-order valence-electron chi connectivity index (χ2n) is 10.4. The number of nitriles is 1. The molecule has 0 N–H and O–H groups in total. The second-order valence-corrected chi connectivity index (χ2v) is 10.4. The highest BCUT2D eigenvalue weighted by atomic mass is 19.1. The predicted octanol–water partition coefficient (Wildman–Crippen LogP) is 5.49. The number of hydrogen-bond acceptors (Lipinski definition) is 7. The van der Waals surface area contributed by atoms with Gasteiger partial charge in [0, 0.05) is 25.3 Å². The van der Waals surface area contributed by atoms with E-state index in [-0.39, 0.29) is 18.4 Å². The van der Waals surface area contributed by atoms with Crippen molar-refractivity contribution in [3.05, 3.63) is 65.9 Å². The lowest BCUT2D eigenvalue weighted by molar-refractivity contribution is -0.149. The van der Waals surface area contributed by atoms with E-state index < -0.39 is 47.0 Å². The molecule has 1 fully saturated rings. The van der Waals surface area contributed by atoms with Gasteiger partial charge in [0.25, 0.3) is 0 Å². The molecule has 2 aromatic rings. The average Bonchev–Trinajstić information content (AvgIpc) is 3.51. The largest absolute Gasteiger partial charge is 0.464 e. The van der Waals surface area contributed by atoms with Crippen LogP contribution in [0.3, 0.4) is 0 Å². The first-order valence-corrected chi connectivity index (χ1v) is 12.8. The fourth-order valence-corrected chi connectivity index (χ4v) is 4.77. The molecule has 39 heavy (non-hydrogen) atoms. The Bertz CT molecular complexity index is 1280. The van der Waals surface area contributed by atoms with E-state index in [4.69, 9.17) is 14.2 Å². The van der Waals surface area contributed by atoms with Crippen molar-refractivity contribution in [1.29, 1.82) is 5.26 Å². The van der Waals surface area contributed by atoms with Crippen LogP contribution in [0.2, 0.25) is 0 Å². The number of rotatable bonds is 6. The number of hydrogen-bond donors (Lipinski definition) is 0. The van der Waals surface area contributed by atoms with E-state index in [0.717, 1.165) is 12.1 Å². The van der Waals surface area contributed by atoms with Crippen molar-refractivity contribution < 1.29 is 32.6 Å². The fourth-order valence-electron chi connectivity index (χ4n) is 4.77. The molecule has 3 atom stereocenters. The number of carbonyl (C=O) groups is 2. The summed E-state index contributed by atoms with van der Waals surface area (Å²) < 4.78 is 44.2. The highest BCUT2D eigenvalue weighted by Crippen LogP contribution is 2.39. The van der Waals surface area contributed by atoms with Crippen LogP contribution >= 0.6 is 0 Å². The van der Waals surface area contributed by atoms with E-state index in [0.29, 0.717) is 30.6 Å². The lowest BCUT2D eigenvalue weighted by atomic mass is 9.91. The van der Waals surface area contributed by atoms with Crippen LogP contribution in [-0.4, -0.2) is 59.2 Å². The maximum atomic E-state index is 14.0. The minimum Gasteiger partial charge on any atom is -0.464 e. The van der Waals surface area contributed by atoms with Crippen LogP contribution in [0.15, 0.2) is 48.7 Å². The summed E-state index contributed by atoms with van der Waals surface area (Å²) >= 11 is 0. The van der Waals surface area contributed by atoms with Crippen LogP contribution in [0.25, 0.3) is 5.57 Å². The third kappa shape index (κ3) is 6.14. The quantitative estimate of drug-likeness (QED) is 0.448. The number of nitrogens with zero attached hydrogens (tertiary/aromatic N) is 3. The molecule has 2 heterocycles. The summed E-state index contributed by atoms with van der Waals surface area (Å²) in [6.45, 7) is 8.02. The third-order valence-electron chi connectivity index (χ3n) is 6.49. The molecule has 10 heteroatoms. The van der Waals surface area contributed by atoms with Crippen molar-refractivity contribution >= 4 is 17.6 Å². The van der Waals surface area contributed by atoms with E-state index >= 15 is 0 Å². The zero-order valence-electron chi connectivity index (χ0n) is 22.3. The van der Waals surface area contributed by atoms with E-state index in [1.165, 1.54) is 6.07 Å². The van der Waals surface area contributed by atoms with Gasteiger partial charge in [-0.3, -0.25) is 0 Å². The van der Waals surface area contributed by atoms with Crippen molar-refractivity contribution in [2.45, 2.75) is 51.8 Å². The maximum absolute atomic E-state index is 14.0. The molecule has 1 saturated heterocycles. The van der Waals surface area contributed by atoms with Gasteiger partial charge in [0.1, 0.15) is 23.3 Å². The number of likely N-dealkylation sites (tertiary alicyclic amines) is 1. The van der Waals surface area contributed by atoms with Gasteiger partial charge < -0.3 is 24.0 Å². The molecule has 0 bridgehead atoms. The predicted molar refractivity (Wildman–Crippen MR) is 138 cm³/mol. The van der Waals surface area contributed by atoms with Gasteiger partial charge in [-0.1, -0.05) is 18.2 Å². The molecular formula is C29H31F2N3O5. The Morgan fingerprint density at radius 3 is 2.36 bits per heavy atom. The Hall–Kier alpha value is -4.13. The average molecular weight is 540 g/mol. The van der Waals surface area contributed by atoms with Crippen LogP contribution in [0.5, 0.6) is 11.5 Å². The highest BCUT2D eigenvalue weighted by molar-refractivity contribution is 5.85. The monoisotopic (exact) mass is 539 g/mol. The van der Waals surface area contributed by atoms with Crippen molar-refractivity contribution in [1.82, 2.24) is 9.80 Å².